The van der Waals surface area contributed by atoms with E-state index in [4.69, 9.17) is 14.0 Å². The smallest absolute Gasteiger partial charge is 0.402 e. The molecule has 0 spiro atoms. The summed E-state index contributed by atoms with van der Waals surface area (Å²) in [5, 5.41) is 5.81. The summed E-state index contributed by atoms with van der Waals surface area (Å²) in [7, 11) is 0.856. The summed E-state index contributed by atoms with van der Waals surface area (Å²) in [6, 6.07) is 9.23. The molecule has 2 heterocycles. The molecule has 0 unspecified atom stereocenters. The predicted molar refractivity (Wildman–Crippen MR) is 137 cm³/mol. The van der Waals surface area contributed by atoms with Crippen LogP contribution in [0.25, 0.3) is 0 Å². The number of amides is 2. The van der Waals surface area contributed by atoms with Gasteiger partial charge in [-0.05, 0) is 59.4 Å². The molecule has 10 heteroatoms. The second kappa shape index (κ2) is 11.9. The molecule has 2 N–H and O–H groups in total. The number of carbonyl (C=O) groups is 2. The number of benzene rings is 1. The lowest BCUT2D eigenvalue weighted by atomic mass is 9.75. The van der Waals surface area contributed by atoms with Crippen LogP contribution in [0.1, 0.15) is 63.5 Å². The number of aryl methyl sites for hydroxylation is 1. The van der Waals surface area contributed by atoms with Gasteiger partial charge in [-0.15, -0.1) is 0 Å². The van der Waals surface area contributed by atoms with Crippen molar-refractivity contribution in [2.75, 3.05) is 7.11 Å². The number of hydrogen-bond acceptors (Lipinski definition) is 7. The average molecular weight is 496 g/mol. The van der Waals surface area contributed by atoms with Gasteiger partial charge >= 0.3 is 7.12 Å². The number of methoxy groups -OCH3 is 1. The molecule has 0 saturated carbocycles. The topological polar surface area (TPSA) is 112 Å². The van der Waals surface area contributed by atoms with Crippen LogP contribution in [0, 0.1) is 0 Å². The first kappa shape index (κ1) is 27.8. The van der Waals surface area contributed by atoms with Gasteiger partial charge in [0.2, 0.25) is 5.91 Å². The lowest BCUT2D eigenvalue weighted by Gasteiger charge is -2.32. The summed E-state index contributed by atoms with van der Waals surface area (Å²) in [6.07, 6.45) is 5.95. The molecule has 0 bridgehead atoms. The number of aromatic nitrogens is 2. The van der Waals surface area contributed by atoms with E-state index in [1.54, 1.807) is 6.92 Å². The SMILES string of the molecule is CO[C@@H](C)[C@@H](NC(=O)c1cnccn1)C(=O)N[C@@H](CCCc1ccccc1)B1OC(C)(C)C(C)(C)O1. The summed E-state index contributed by atoms with van der Waals surface area (Å²) in [5.74, 6) is -1.33. The van der Waals surface area contributed by atoms with E-state index in [1.807, 2.05) is 45.9 Å². The van der Waals surface area contributed by atoms with Gasteiger partial charge in [-0.3, -0.25) is 14.6 Å². The quantitative estimate of drug-likeness (QED) is 0.460. The highest BCUT2D eigenvalue weighted by Crippen LogP contribution is 2.38. The van der Waals surface area contributed by atoms with Gasteiger partial charge in [0.25, 0.3) is 5.91 Å². The zero-order valence-corrected chi connectivity index (χ0v) is 22.0. The molecule has 1 aromatic heterocycles. The summed E-state index contributed by atoms with van der Waals surface area (Å²) in [5.41, 5.74) is 0.251. The maximum absolute atomic E-state index is 13.5. The molecule has 2 amide bonds. The second-order valence-corrected chi connectivity index (χ2v) is 10.1. The van der Waals surface area contributed by atoms with Crippen molar-refractivity contribution in [3.8, 4) is 0 Å². The molecule has 2 aromatic rings. The van der Waals surface area contributed by atoms with Crippen LogP contribution in [0.2, 0.25) is 0 Å². The van der Waals surface area contributed by atoms with Crippen LogP contribution in [0.5, 0.6) is 0 Å². The molecular formula is C26H37BN4O5. The molecule has 194 valence electrons. The van der Waals surface area contributed by atoms with Crippen molar-refractivity contribution >= 4 is 18.9 Å². The Morgan fingerprint density at radius 2 is 1.72 bits per heavy atom. The Morgan fingerprint density at radius 3 is 2.31 bits per heavy atom. The summed E-state index contributed by atoms with van der Waals surface area (Å²) < 4.78 is 18.0. The normalized spacial score (nSPS) is 18.8. The van der Waals surface area contributed by atoms with Crippen molar-refractivity contribution in [3.05, 3.63) is 60.2 Å². The van der Waals surface area contributed by atoms with Crippen molar-refractivity contribution in [3.63, 3.8) is 0 Å². The molecule has 9 nitrogen and oxygen atoms in total. The summed E-state index contributed by atoms with van der Waals surface area (Å²) in [4.78, 5) is 34.1. The zero-order chi connectivity index (χ0) is 26.3. The van der Waals surface area contributed by atoms with Crippen LogP contribution < -0.4 is 10.6 Å². The van der Waals surface area contributed by atoms with Crippen LogP contribution in [0.3, 0.4) is 0 Å². The van der Waals surface area contributed by atoms with E-state index < -0.39 is 42.3 Å². The molecule has 36 heavy (non-hydrogen) atoms. The second-order valence-electron chi connectivity index (χ2n) is 10.1. The lowest BCUT2D eigenvalue weighted by Crippen LogP contribution is -2.58. The van der Waals surface area contributed by atoms with Crippen molar-refractivity contribution in [2.45, 2.75) is 83.2 Å². The Balaban J connectivity index is 1.75. The van der Waals surface area contributed by atoms with Crippen molar-refractivity contribution in [2.24, 2.45) is 0 Å². The first-order valence-corrected chi connectivity index (χ1v) is 12.3. The van der Waals surface area contributed by atoms with E-state index >= 15 is 0 Å². The molecule has 3 rings (SSSR count). The highest BCUT2D eigenvalue weighted by molar-refractivity contribution is 6.48. The lowest BCUT2D eigenvalue weighted by molar-refractivity contribution is -0.126. The van der Waals surface area contributed by atoms with Gasteiger partial charge in [-0.1, -0.05) is 30.3 Å². The van der Waals surface area contributed by atoms with Crippen LogP contribution in [0.4, 0.5) is 0 Å². The minimum absolute atomic E-state index is 0.115. The fourth-order valence-electron chi connectivity index (χ4n) is 3.94. The van der Waals surface area contributed by atoms with Crippen LogP contribution >= 0.6 is 0 Å². The first-order valence-electron chi connectivity index (χ1n) is 12.3. The van der Waals surface area contributed by atoms with E-state index in [0.717, 1.165) is 12.8 Å². The molecule has 0 radical (unpaired) electrons. The highest BCUT2D eigenvalue weighted by atomic mass is 16.7. The van der Waals surface area contributed by atoms with Crippen molar-refractivity contribution in [1.29, 1.82) is 0 Å². The van der Waals surface area contributed by atoms with Gasteiger partial charge in [0.1, 0.15) is 11.7 Å². The van der Waals surface area contributed by atoms with E-state index in [-0.39, 0.29) is 11.6 Å². The fraction of sp³-hybridized carbons (Fsp3) is 0.538. The largest absolute Gasteiger partial charge is 0.481 e. The van der Waals surface area contributed by atoms with E-state index in [2.05, 4.69) is 32.7 Å². The fourth-order valence-corrected chi connectivity index (χ4v) is 3.94. The third-order valence-electron chi connectivity index (χ3n) is 6.96. The predicted octanol–water partition coefficient (Wildman–Crippen LogP) is 2.75. The molecule has 1 aliphatic heterocycles. The Hall–Kier alpha value is -2.82. The average Bonchev–Trinajstić information content (AvgIpc) is 3.08. The number of ether oxygens (including phenoxy) is 1. The van der Waals surface area contributed by atoms with E-state index in [9.17, 15) is 9.59 Å². The van der Waals surface area contributed by atoms with Gasteiger partial charge in [-0.2, -0.15) is 0 Å². The third kappa shape index (κ3) is 6.90. The Kier molecular flexibility index (Phi) is 9.21. The Labute approximate surface area is 213 Å². The zero-order valence-electron chi connectivity index (χ0n) is 22.0. The Bertz CT molecular complexity index is 990. The molecule has 1 fully saturated rings. The molecule has 1 aliphatic rings. The number of hydrogen-bond donors (Lipinski definition) is 2. The van der Waals surface area contributed by atoms with Gasteiger partial charge in [-0.25, -0.2) is 4.98 Å². The maximum atomic E-state index is 13.5. The third-order valence-corrected chi connectivity index (χ3v) is 6.96. The molecule has 0 aliphatic carbocycles. The van der Waals surface area contributed by atoms with Gasteiger partial charge in [0, 0.05) is 19.5 Å². The number of nitrogens with one attached hydrogen (secondary N) is 2. The van der Waals surface area contributed by atoms with Crippen LogP contribution in [-0.4, -0.2) is 65.3 Å². The maximum Gasteiger partial charge on any atom is 0.481 e. The number of carbonyl (C=O) groups excluding carboxylic acids is 2. The van der Waals surface area contributed by atoms with Gasteiger partial charge in [0.05, 0.1) is 29.4 Å². The van der Waals surface area contributed by atoms with E-state index in [1.165, 1.54) is 31.3 Å². The van der Waals surface area contributed by atoms with Crippen molar-refractivity contribution < 1.29 is 23.6 Å². The molecule has 3 atom stereocenters. The first-order chi connectivity index (χ1) is 17.0. The van der Waals surface area contributed by atoms with Crippen molar-refractivity contribution in [1.82, 2.24) is 20.6 Å². The molecule has 1 aromatic carbocycles. The number of rotatable bonds is 11. The summed E-state index contributed by atoms with van der Waals surface area (Å²) in [6.45, 7) is 9.64. The van der Waals surface area contributed by atoms with Gasteiger partial charge in [0.15, 0.2) is 0 Å². The van der Waals surface area contributed by atoms with Crippen LogP contribution in [0.15, 0.2) is 48.9 Å². The number of nitrogens with zero attached hydrogens (tertiary/aromatic N) is 2. The minimum Gasteiger partial charge on any atom is -0.402 e. The Morgan fingerprint density at radius 1 is 1.06 bits per heavy atom. The highest BCUT2D eigenvalue weighted by Gasteiger charge is 2.54. The minimum atomic E-state index is -0.955. The monoisotopic (exact) mass is 496 g/mol. The van der Waals surface area contributed by atoms with E-state index in [0.29, 0.717) is 6.42 Å². The van der Waals surface area contributed by atoms with Gasteiger partial charge < -0.3 is 24.7 Å². The van der Waals surface area contributed by atoms with Crippen LogP contribution in [-0.2, 0) is 25.3 Å². The standard InChI is InChI=1S/C26H37BN4O5/c1-18(34-6)22(31-23(32)20-17-28-15-16-29-20)24(33)30-21(14-10-13-19-11-8-7-9-12-19)27-35-25(2,3)26(4,5)36-27/h7-9,11-12,15-18,21-22H,10,13-14H2,1-6H3,(H,30,33)(H,31,32)/t18-,21-,22+/m0/s1. The molecular weight excluding hydrogens is 459 g/mol. The molecule has 1 saturated heterocycles. The summed E-state index contributed by atoms with van der Waals surface area (Å²) >= 11 is 0.